The quantitative estimate of drug-likeness (QED) is 0.637. The minimum absolute atomic E-state index is 0.0786. The molecule has 3 N–H and O–H groups in total. The van der Waals surface area contributed by atoms with Gasteiger partial charge in [0, 0.05) is 18.1 Å². The summed E-state index contributed by atoms with van der Waals surface area (Å²) >= 11 is 0. The topological polar surface area (TPSA) is 49.5 Å². The Morgan fingerprint density at radius 1 is 1.54 bits per heavy atom. The normalized spacial score (nSPS) is 21.9. The molecule has 0 saturated heterocycles. The van der Waals surface area contributed by atoms with Gasteiger partial charge in [0.15, 0.2) is 0 Å². The molecule has 1 aliphatic carbocycles. The maximum atomic E-state index is 8.99. The number of hydrogen-bond donors (Lipinski definition) is 2. The second-order valence-corrected chi connectivity index (χ2v) is 4.42. The van der Waals surface area contributed by atoms with Gasteiger partial charge in [0.25, 0.3) is 0 Å². The second-order valence-electron chi connectivity index (χ2n) is 4.42. The summed E-state index contributed by atoms with van der Waals surface area (Å²) in [5, 5.41) is 8.99. The Balaban J connectivity index is 2.22. The third-order valence-electron chi connectivity index (χ3n) is 2.80. The zero-order valence-corrected chi connectivity index (χ0v) is 8.79. The molecule has 1 rings (SSSR count). The van der Waals surface area contributed by atoms with Gasteiger partial charge < -0.3 is 15.7 Å². The van der Waals surface area contributed by atoms with Crippen molar-refractivity contribution in [2.75, 3.05) is 19.7 Å². The maximum absolute atomic E-state index is 8.99. The fraction of sp³-hybridized carbons (Fsp3) is 1.00. The van der Waals surface area contributed by atoms with E-state index in [2.05, 4.69) is 11.8 Å². The van der Waals surface area contributed by atoms with E-state index >= 15 is 0 Å². The van der Waals surface area contributed by atoms with Gasteiger partial charge in [-0.25, -0.2) is 0 Å². The third kappa shape index (κ3) is 3.63. The summed E-state index contributed by atoms with van der Waals surface area (Å²) in [4.78, 5) is 2.46. The van der Waals surface area contributed by atoms with Crippen molar-refractivity contribution in [3.63, 3.8) is 0 Å². The molecule has 1 aliphatic rings. The molecular weight excluding hydrogens is 164 g/mol. The van der Waals surface area contributed by atoms with Crippen molar-refractivity contribution in [3.8, 4) is 0 Å². The number of aliphatic hydroxyl groups excluding tert-OH is 1. The first kappa shape index (κ1) is 11.0. The number of aliphatic hydroxyl groups is 1. The van der Waals surface area contributed by atoms with E-state index in [4.69, 9.17) is 10.8 Å². The summed E-state index contributed by atoms with van der Waals surface area (Å²) in [7, 11) is 0. The second kappa shape index (κ2) is 4.40. The Kier molecular flexibility index (Phi) is 3.71. The van der Waals surface area contributed by atoms with Crippen LogP contribution < -0.4 is 5.73 Å². The summed E-state index contributed by atoms with van der Waals surface area (Å²) < 4.78 is 0. The van der Waals surface area contributed by atoms with Gasteiger partial charge in [0.2, 0.25) is 0 Å². The first-order valence-corrected chi connectivity index (χ1v) is 5.23. The van der Waals surface area contributed by atoms with Crippen LogP contribution in [0.3, 0.4) is 0 Å². The van der Waals surface area contributed by atoms with Crippen LogP contribution in [0, 0.1) is 0 Å². The molecule has 0 radical (unpaired) electrons. The van der Waals surface area contributed by atoms with Gasteiger partial charge in [-0.3, -0.25) is 0 Å². The molecule has 3 heteroatoms. The Morgan fingerprint density at radius 3 is 2.54 bits per heavy atom. The van der Waals surface area contributed by atoms with Crippen molar-refractivity contribution >= 4 is 0 Å². The van der Waals surface area contributed by atoms with Gasteiger partial charge in [-0.15, -0.1) is 0 Å². The lowest BCUT2D eigenvalue weighted by Crippen LogP contribution is -2.43. The summed E-state index contributed by atoms with van der Waals surface area (Å²) in [6.07, 6.45) is 3.57. The molecule has 1 atom stereocenters. The van der Waals surface area contributed by atoms with Gasteiger partial charge in [-0.2, -0.15) is 0 Å². The monoisotopic (exact) mass is 186 g/mol. The van der Waals surface area contributed by atoms with Crippen LogP contribution in [0.2, 0.25) is 0 Å². The van der Waals surface area contributed by atoms with Crippen molar-refractivity contribution in [3.05, 3.63) is 0 Å². The van der Waals surface area contributed by atoms with Crippen LogP contribution in [0.1, 0.15) is 33.1 Å². The van der Waals surface area contributed by atoms with Gasteiger partial charge in [-0.05, 0) is 32.7 Å². The molecule has 0 aromatic heterocycles. The molecule has 0 aromatic carbocycles. The standard InChI is InChI=1S/C10H22N2O/c1-3-12(9-4-5-9)7-6-10(2,11)8-13/h9,13H,3-8,11H2,1-2H3. The van der Waals surface area contributed by atoms with Gasteiger partial charge >= 0.3 is 0 Å². The average Bonchev–Trinajstić information content (AvgIpc) is 2.89. The number of nitrogens with two attached hydrogens (primary N) is 1. The van der Waals surface area contributed by atoms with Crippen LogP contribution >= 0.6 is 0 Å². The average molecular weight is 186 g/mol. The molecule has 0 aliphatic heterocycles. The van der Waals surface area contributed by atoms with Crippen molar-refractivity contribution in [1.29, 1.82) is 0 Å². The molecule has 0 bridgehead atoms. The van der Waals surface area contributed by atoms with Crippen LogP contribution in [0.15, 0.2) is 0 Å². The maximum Gasteiger partial charge on any atom is 0.0608 e. The lowest BCUT2D eigenvalue weighted by atomic mass is 10.0. The largest absolute Gasteiger partial charge is 0.394 e. The van der Waals surface area contributed by atoms with E-state index in [0.717, 1.165) is 25.6 Å². The summed E-state index contributed by atoms with van der Waals surface area (Å²) in [5.74, 6) is 0. The van der Waals surface area contributed by atoms with Crippen LogP contribution in [0.5, 0.6) is 0 Å². The third-order valence-corrected chi connectivity index (χ3v) is 2.80. The zero-order valence-electron chi connectivity index (χ0n) is 8.79. The molecule has 1 fully saturated rings. The minimum Gasteiger partial charge on any atom is -0.394 e. The molecule has 0 amide bonds. The predicted molar refractivity (Wildman–Crippen MR) is 54.6 cm³/mol. The van der Waals surface area contributed by atoms with Gasteiger partial charge in [0.05, 0.1) is 6.61 Å². The highest BCUT2D eigenvalue weighted by molar-refractivity contribution is 4.86. The Morgan fingerprint density at radius 2 is 2.15 bits per heavy atom. The smallest absolute Gasteiger partial charge is 0.0608 e. The predicted octanol–water partition coefficient (Wildman–Crippen LogP) is 0.571. The highest BCUT2D eigenvalue weighted by Gasteiger charge is 2.29. The van der Waals surface area contributed by atoms with Crippen molar-refractivity contribution in [2.24, 2.45) is 5.73 Å². The van der Waals surface area contributed by atoms with Crippen LogP contribution in [-0.2, 0) is 0 Å². The summed E-state index contributed by atoms with van der Waals surface area (Å²) in [6.45, 7) is 6.30. The summed E-state index contributed by atoms with van der Waals surface area (Å²) in [6, 6.07) is 0.805. The van der Waals surface area contributed by atoms with Crippen molar-refractivity contribution in [2.45, 2.75) is 44.7 Å². The van der Waals surface area contributed by atoms with Gasteiger partial charge in [0.1, 0.15) is 0 Å². The first-order valence-electron chi connectivity index (χ1n) is 5.23. The molecule has 13 heavy (non-hydrogen) atoms. The van der Waals surface area contributed by atoms with E-state index in [0.29, 0.717) is 0 Å². The van der Waals surface area contributed by atoms with Crippen LogP contribution in [-0.4, -0.2) is 41.3 Å². The molecule has 1 unspecified atom stereocenters. The highest BCUT2D eigenvalue weighted by Crippen LogP contribution is 2.27. The molecule has 3 nitrogen and oxygen atoms in total. The van der Waals surface area contributed by atoms with Crippen LogP contribution in [0.25, 0.3) is 0 Å². The van der Waals surface area contributed by atoms with E-state index in [1.807, 2.05) is 6.92 Å². The van der Waals surface area contributed by atoms with E-state index in [9.17, 15) is 0 Å². The van der Waals surface area contributed by atoms with E-state index in [1.165, 1.54) is 12.8 Å². The Bertz CT molecular complexity index is 155. The fourth-order valence-corrected chi connectivity index (χ4v) is 1.52. The number of rotatable bonds is 6. The number of hydrogen-bond acceptors (Lipinski definition) is 3. The molecule has 1 saturated carbocycles. The van der Waals surface area contributed by atoms with Crippen molar-refractivity contribution < 1.29 is 5.11 Å². The Hall–Kier alpha value is -0.120. The first-order chi connectivity index (χ1) is 6.09. The van der Waals surface area contributed by atoms with E-state index in [1.54, 1.807) is 0 Å². The number of nitrogens with zero attached hydrogens (tertiary/aromatic N) is 1. The SMILES string of the molecule is CCN(CCC(C)(N)CO)C1CC1. The highest BCUT2D eigenvalue weighted by atomic mass is 16.3. The fourth-order valence-electron chi connectivity index (χ4n) is 1.52. The molecule has 0 aromatic rings. The van der Waals surface area contributed by atoms with Gasteiger partial charge in [-0.1, -0.05) is 6.92 Å². The van der Waals surface area contributed by atoms with E-state index < -0.39 is 5.54 Å². The minimum atomic E-state index is -0.400. The lowest BCUT2D eigenvalue weighted by molar-refractivity contribution is 0.174. The molecular formula is C10H22N2O. The lowest BCUT2D eigenvalue weighted by Gasteiger charge is -2.27. The van der Waals surface area contributed by atoms with E-state index in [-0.39, 0.29) is 6.61 Å². The molecule has 78 valence electrons. The summed E-state index contributed by atoms with van der Waals surface area (Å²) in [5.41, 5.74) is 5.46. The van der Waals surface area contributed by atoms with Crippen LogP contribution in [0.4, 0.5) is 0 Å². The zero-order chi connectivity index (χ0) is 9.90. The molecule has 0 heterocycles. The Labute approximate surface area is 80.9 Å². The van der Waals surface area contributed by atoms with Crippen molar-refractivity contribution in [1.82, 2.24) is 4.90 Å². The molecule has 0 spiro atoms.